The number of hydrogen-bond acceptors (Lipinski definition) is 3. The number of carbonyl (C=O) groups excluding carboxylic acids is 1. The van der Waals surface area contributed by atoms with Gasteiger partial charge in [0.15, 0.2) is 0 Å². The van der Waals surface area contributed by atoms with Crippen LogP contribution in [0.3, 0.4) is 0 Å². The maximum absolute atomic E-state index is 11.6. The summed E-state index contributed by atoms with van der Waals surface area (Å²) in [5, 5.41) is 2.49. The molecule has 0 aromatic carbocycles. The smallest absolute Gasteiger partial charge is 0.248 e. The number of nitrogens with zero attached hydrogens (tertiary/aromatic N) is 1. The third-order valence-corrected chi connectivity index (χ3v) is 2.19. The third-order valence-electron chi connectivity index (χ3n) is 2.19. The molecule has 90 valence electrons. The highest BCUT2D eigenvalue weighted by Crippen LogP contribution is 2.00. The molecule has 2 aromatic rings. The summed E-state index contributed by atoms with van der Waals surface area (Å²) >= 11 is 0. The molecule has 18 heavy (non-hydrogen) atoms. The molecule has 0 bridgehead atoms. The summed E-state index contributed by atoms with van der Waals surface area (Å²) < 4.78 is 0. The third kappa shape index (κ3) is 3.15. The van der Waals surface area contributed by atoms with Crippen LogP contribution in [-0.4, -0.2) is 15.9 Å². The lowest BCUT2D eigenvalue weighted by Crippen LogP contribution is -2.15. The molecule has 0 aliphatic rings. The molecule has 2 aromatic heterocycles. The average molecular weight is 241 g/mol. The van der Waals surface area contributed by atoms with Crippen molar-refractivity contribution in [2.75, 3.05) is 5.32 Å². The van der Waals surface area contributed by atoms with Gasteiger partial charge in [-0.25, -0.2) is 0 Å². The Hall–Kier alpha value is -2.69. The molecule has 0 atom stereocenters. The Morgan fingerprint density at radius 3 is 3.00 bits per heavy atom. The minimum absolute atomic E-state index is 0.221. The van der Waals surface area contributed by atoms with Crippen molar-refractivity contribution in [3.05, 3.63) is 64.8 Å². The van der Waals surface area contributed by atoms with Crippen molar-refractivity contribution in [2.24, 2.45) is 0 Å². The summed E-state index contributed by atoms with van der Waals surface area (Å²) in [6.45, 7) is 0. The number of rotatable bonds is 3. The Morgan fingerprint density at radius 2 is 2.28 bits per heavy atom. The summed E-state index contributed by atoms with van der Waals surface area (Å²) in [5.74, 6) is -0.365. The number of pyridine rings is 2. The van der Waals surface area contributed by atoms with Crippen LogP contribution in [-0.2, 0) is 4.79 Å². The lowest BCUT2D eigenvalue weighted by atomic mass is 10.2. The molecule has 0 unspecified atom stereocenters. The highest BCUT2D eigenvalue weighted by Gasteiger charge is 2.00. The topological polar surface area (TPSA) is 74.8 Å². The predicted octanol–water partition coefficient (Wildman–Crippen LogP) is 1.42. The van der Waals surface area contributed by atoms with Crippen LogP contribution in [0.2, 0.25) is 0 Å². The van der Waals surface area contributed by atoms with Gasteiger partial charge in [-0.05, 0) is 17.7 Å². The fourth-order valence-corrected chi connectivity index (χ4v) is 1.33. The van der Waals surface area contributed by atoms with Crippen LogP contribution in [0.25, 0.3) is 6.08 Å². The van der Waals surface area contributed by atoms with Gasteiger partial charge in [0.1, 0.15) is 5.69 Å². The van der Waals surface area contributed by atoms with Gasteiger partial charge in [0.2, 0.25) is 11.3 Å². The van der Waals surface area contributed by atoms with Gasteiger partial charge >= 0.3 is 0 Å². The van der Waals surface area contributed by atoms with E-state index in [2.05, 4.69) is 15.3 Å². The van der Waals surface area contributed by atoms with Gasteiger partial charge in [0.05, 0.1) is 0 Å². The highest BCUT2D eigenvalue weighted by atomic mass is 16.2. The number of nitrogens with one attached hydrogen (secondary N) is 2. The van der Waals surface area contributed by atoms with E-state index < -0.39 is 0 Å². The Balaban J connectivity index is 2.04. The zero-order chi connectivity index (χ0) is 12.8. The van der Waals surface area contributed by atoms with Crippen LogP contribution < -0.4 is 10.7 Å². The van der Waals surface area contributed by atoms with Crippen molar-refractivity contribution in [3.63, 3.8) is 0 Å². The van der Waals surface area contributed by atoms with Crippen LogP contribution in [0.1, 0.15) is 5.56 Å². The van der Waals surface area contributed by atoms with E-state index in [1.807, 2.05) is 6.07 Å². The van der Waals surface area contributed by atoms with E-state index in [0.717, 1.165) is 5.56 Å². The van der Waals surface area contributed by atoms with Gasteiger partial charge in [-0.2, -0.15) is 0 Å². The van der Waals surface area contributed by atoms with Gasteiger partial charge in [-0.1, -0.05) is 6.07 Å². The summed E-state index contributed by atoms with van der Waals surface area (Å²) in [6.07, 6.45) is 9.21. The summed E-state index contributed by atoms with van der Waals surface area (Å²) in [6, 6.07) is 4.95. The monoisotopic (exact) mass is 241 g/mol. The van der Waals surface area contributed by atoms with Crippen LogP contribution in [0.4, 0.5) is 5.69 Å². The minimum atomic E-state index is -0.365. The molecule has 0 saturated carbocycles. The first-order chi connectivity index (χ1) is 8.75. The molecule has 1 amide bonds. The van der Waals surface area contributed by atoms with Crippen LogP contribution in [0.5, 0.6) is 0 Å². The molecule has 5 heteroatoms. The number of aromatic amines is 1. The van der Waals surface area contributed by atoms with Gasteiger partial charge in [-0.3, -0.25) is 14.6 Å². The van der Waals surface area contributed by atoms with Crippen molar-refractivity contribution < 1.29 is 4.79 Å². The van der Waals surface area contributed by atoms with E-state index in [1.54, 1.807) is 24.5 Å². The molecule has 0 saturated heterocycles. The Kier molecular flexibility index (Phi) is 3.66. The zero-order valence-electron chi connectivity index (χ0n) is 9.46. The molecule has 5 nitrogen and oxygen atoms in total. The lowest BCUT2D eigenvalue weighted by Gasteiger charge is -1.99. The second-order valence-corrected chi connectivity index (χ2v) is 3.53. The van der Waals surface area contributed by atoms with E-state index in [1.165, 1.54) is 24.5 Å². The minimum Gasteiger partial charge on any atom is -0.366 e. The Bertz CT molecular complexity index is 617. The standard InChI is InChI=1S/C13H11N3O2/c17-12-5-7-15-9-11(12)16-13(18)4-3-10-2-1-6-14-8-10/h1-9H,(H,15,17)(H,16,18)/b4-3+. The molecule has 0 aliphatic heterocycles. The van der Waals surface area contributed by atoms with Crippen LogP contribution in [0, 0.1) is 0 Å². The van der Waals surface area contributed by atoms with Crippen molar-refractivity contribution in [1.29, 1.82) is 0 Å². The summed E-state index contributed by atoms with van der Waals surface area (Å²) in [5.41, 5.74) is 0.796. The highest BCUT2D eigenvalue weighted by molar-refractivity contribution is 6.01. The van der Waals surface area contributed by atoms with Crippen molar-refractivity contribution in [2.45, 2.75) is 0 Å². The Morgan fingerprint density at radius 1 is 1.39 bits per heavy atom. The maximum Gasteiger partial charge on any atom is 0.248 e. The Labute approximate surface area is 103 Å². The fraction of sp³-hybridized carbons (Fsp3) is 0. The molecular weight excluding hydrogens is 230 g/mol. The lowest BCUT2D eigenvalue weighted by molar-refractivity contribution is -0.111. The van der Waals surface area contributed by atoms with Crippen molar-refractivity contribution >= 4 is 17.7 Å². The molecule has 0 spiro atoms. The van der Waals surface area contributed by atoms with E-state index in [0.29, 0.717) is 0 Å². The molecule has 2 rings (SSSR count). The van der Waals surface area contributed by atoms with Gasteiger partial charge in [0, 0.05) is 36.9 Å². The number of hydrogen-bond donors (Lipinski definition) is 2. The molecule has 0 radical (unpaired) electrons. The zero-order valence-corrected chi connectivity index (χ0v) is 9.46. The van der Waals surface area contributed by atoms with Gasteiger partial charge < -0.3 is 10.3 Å². The molecule has 0 aliphatic carbocycles. The average Bonchev–Trinajstić information content (AvgIpc) is 2.40. The SMILES string of the molecule is O=C(/C=C/c1cccnc1)Nc1c[nH]ccc1=O. The largest absolute Gasteiger partial charge is 0.366 e. The van der Waals surface area contributed by atoms with Crippen LogP contribution in [0.15, 0.2) is 53.9 Å². The molecule has 2 heterocycles. The summed E-state index contributed by atoms with van der Waals surface area (Å²) in [4.78, 5) is 29.6. The number of amides is 1. The molecule has 2 N–H and O–H groups in total. The second kappa shape index (κ2) is 5.58. The van der Waals surface area contributed by atoms with Crippen molar-refractivity contribution in [1.82, 2.24) is 9.97 Å². The van der Waals surface area contributed by atoms with Gasteiger partial charge in [-0.15, -0.1) is 0 Å². The number of anilines is 1. The first kappa shape index (κ1) is 11.8. The number of carbonyl (C=O) groups is 1. The van der Waals surface area contributed by atoms with E-state index in [9.17, 15) is 9.59 Å². The first-order valence-corrected chi connectivity index (χ1v) is 5.32. The van der Waals surface area contributed by atoms with E-state index >= 15 is 0 Å². The summed E-state index contributed by atoms with van der Waals surface area (Å²) in [7, 11) is 0. The molecule has 0 fully saturated rings. The number of aromatic nitrogens is 2. The fourth-order valence-electron chi connectivity index (χ4n) is 1.33. The van der Waals surface area contributed by atoms with E-state index in [-0.39, 0.29) is 17.0 Å². The van der Waals surface area contributed by atoms with Crippen molar-refractivity contribution in [3.8, 4) is 0 Å². The normalized spacial score (nSPS) is 10.4. The van der Waals surface area contributed by atoms with Gasteiger partial charge in [0.25, 0.3) is 0 Å². The van der Waals surface area contributed by atoms with E-state index in [4.69, 9.17) is 0 Å². The molecular formula is C13H11N3O2. The second-order valence-electron chi connectivity index (χ2n) is 3.53. The quantitative estimate of drug-likeness (QED) is 0.798. The predicted molar refractivity (Wildman–Crippen MR) is 69.0 cm³/mol. The first-order valence-electron chi connectivity index (χ1n) is 5.32. The maximum atomic E-state index is 11.6. The number of H-pyrrole nitrogens is 1. The van der Waals surface area contributed by atoms with Crippen LogP contribution >= 0.6 is 0 Å².